The van der Waals surface area contributed by atoms with Gasteiger partial charge in [0.05, 0.1) is 11.9 Å². The van der Waals surface area contributed by atoms with Crippen LogP contribution in [0.1, 0.15) is 0 Å². The van der Waals surface area contributed by atoms with Crippen LogP contribution in [-0.2, 0) is 0 Å². The van der Waals surface area contributed by atoms with E-state index in [1.807, 2.05) is 12.1 Å². The molecule has 0 aliphatic rings. The van der Waals surface area contributed by atoms with Crippen molar-refractivity contribution in [2.75, 3.05) is 5.73 Å². The molecule has 0 amide bonds. The van der Waals surface area contributed by atoms with Gasteiger partial charge in [0, 0.05) is 18.0 Å². The first kappa shape index (κ1) is 9.46. The fourth-order valence-corrected chi connectivity index (χ4v) is 1.44. The summed E-state index contributed by atoms with van der Waals surface area (Å²) in [5.41, 5.74) is 7.16. The van der Waals surface area contributed by atoms with Crippen LogP contribution in [0.15, 0.2) is 35.4 Å². The lowest BCUT2D eigenvalue weighted by Gasteiger charge is -2.01. The minimum atomic E-state index is 0.153. The van der Waals surface area contributed by atoms with Gasteiger partial charge in [-0.05, 0) is 22.4 Å². The van der Waals surface area contributed by atoms with Crippen molar-refractivity contribution in [3.63, 3.8) is 0 Å². The molecule has 3 heterocycles. The van der Waals surface area contributed by atoms with Gasteiger partial charge in [-0.25, -0.2) is 4.63 Å². The lowest BCUT2D eigenvalue weighted by molar-refractivity contribution is 0.307. The standard InChI is InChI=1S/C9H7N7O/c10-8-9(14-17-13-8)16-7(5-12-15-16)6-2-1-3-11-4-6/h1-5H,(H2,10,13). The minimum Gasteiger partial charge on any atom is -0.378 e. The molecule has 8 nitrogen and oxygen atoms in total. The van der Waals surface area contributed by atoms with E-state index in [9.17, 15) is 0 Å². The Morgan fingerprint density at radius 2 is 2.18 bits per heavy atom. The molecule has 3 aromatic rings. The second kappa shape index (κ2) is 3.67. The first-order valence-corrected chi connectivity index (χ1v) is 4.76. The average molecular weight is 229 g/mol. The number of anilines is 1. The highest BCUT2D eigenvalue weighted by Gasteiger charge is 2.15. The molecule has 0 atom stereocenters. The Morgan fingerprint density at radius 1 is 1.24 bits per heavy atom. The molecule has 0 aliphatic carbocycles. The summed E-state index contributed by atoms with van der Waals surface area (Å²) in [5, 5.41) is 14.9. The summed E-state index contributed by atoms with van der Waals surface area (Å²) in [6.07, 6.45) is 4.97. The molecule has 3 aromatic heterocycles. The lowest BCUT2D eigenvalue weighted by Crippen LogP contribution is -2.03. The van der Waals surface area contributed by atoms with Crippen molar-refractivity contribution in [3.8, 4) is 17.1 Å². The number of hydrogen-bond acceptors (Lipinski definition) is 7. The molecule has 0 spiro atoms. The van der Waals surface area contributed by atoms with Gasteiger partial charge in [-0.3, -0.25) is 4.98 Å². The molecule has 0 saturated heterocycles. The second-order valence-electron chi connectivity index (χ2n) is 3.25. The smallest absolute Gasteiger partial charge is 0.243 e. The van der Waals surface area contributed by atoms with Crippen LogP contribution in [0.2, 0.25) is 0 Å². The van der Waals surface area contributed by atoms with Gasteiger partial charge in [0.1, 0.15) is 0 Å². The summed E-state index contributed by atoms with van der Waals surface area (Å²) >= 11 is 0. The predicted molar refractivity (Wildman–Crippen MR) is 56.9 cm³/mol. The third kappa shape index (κ3) is 1.51. The Kier molecular flexibility index (Phi) is 2.04. The van der Waals surface area contributed by atoms with Gasteiger partial charge in [-0.15, -0.1) is 5.10 Å². The Bertz CT molecular complexity index is 630. The normalized spacial score (nSPS) is 10.6. The van der Waals surface area contributed by atoms with Gasteiger partial charge in [0.2, 0.25) is 11.6 Å². The Hall–Kier alpha value is -2.77. The van der Waals surface area contributed by atoms with Crippen molar-refractivity contribution in [3.05, 3.63) is 30.7 Å². The SMILES string of the molecule is Nc1nonc1-n1nncc1-c1cccnc1. The number of aromatic nitrogens is 6. The van der Waals surface area contributed by atoms with Crippen LogP contribution in [-0.4, -0.2) is 30.3 Å². The maximum Gasteiger partial charge on any atom is 0.243 e. The predicted octanol–water partition coefficient (Wildman–Crippen LogP) is 0.294. The van der Waals surface area contributed by atoms with Gasteiger partial charge in [0.25, 0.3) is 0 Å². The van der Waals surface area contributed by atoms with E-state index in [0.29, 0.717) is 11.5 Å². The number of nitrogen functional groups attached to an aromatic ring is 1. The fourth-order valence-electron chi connectivity index (χ4n) is 1.44. The third-order valence-corrected chi connectivity index (χ3v) is 2.20. The highest BCUT2D eigenvalue weighted by Crippen LogP contribution is 2.21. The van der Waals surface area contributed by atoms with Crippen LogP contribution in [0.3, 0.4) is 0 Å². The lowest BCUT2D eigenvalue weighted by atomic mass is 10.2. The van der Waals surface area contributed by atoms with Crippen LogP contribution in [0.25, 0.3) is 17.1 Å². The molecular formula is C9H7N7O. The zero-order chi connectivity index (χ0) is 11.7. The summed E-state index contributed by atoms with van der Waals surface area (Å²) in [6, 6.07) is 3.70. The van der Waals surface area contributed by atoms with E-state index in [0.717, 1.165) is 5.56 Å². The van der Waals surface area contributed by atoms with Crippen molar-refractivity contribution in [1.29, 1.82) is 0 Å². The van der Waals surface area contributed by atoms with Crippen molar-refractivity contribution in [2.24, 2.45) is 0 Å². The number of pyridine rings is 1. The Balaban J connectivity index is 2.16. The highest BCUT2D eigenvalue weighted by atomic mass is 16.6. The fraction of sp³-hybridized carbons (Fsp3) is 0. The van der Waals surface area contributed by atoms with Crippen LogP contribution in [0, 0.1) is 0 Å². The first-order valence-electron chi connectivity index (χ1n) is 4.76. The van der Waals surface area contributed by atoms with Crippen LogP contribution >= 0.6 is 0 Å². The molecular weight excluding hydrogens is 222 g/mol. The van der Waals surface area contributed by atoms with E-state index in [4.69, 9.17) is 5.73 Å². The molecule has 0 saturated carbocycles. The molecule has 3 rings (SSSR count). The van der Waals surface area contributed by atoms with E-state index in [-0.39, 0.29) is 5.82 Å². The maximum absolute atomic E-state index is 5.61. The van der Waals surface area contributed by atoms with Gasteiger partial charge in [0.15, 0.2) is 0 Å². The summed E-state index contributed by atoms with van der Waals surface area (Å²) < 4.78 is 5.98. The molecule has 0 fully saturated rings. The Morgan fingerprint density at radius 3 is 2.88 bits per heavy atom. The molecule has 8 heteroatoms. The van der Waals surface area contributed by atoms with Crippen molar-refractivity contribution in [2.45, 2.75) is 0 Å². The van der Waals surface area contributed by atoms with Crippen LogP contribution in [0.5, 0.6) is 0 Å². The second-order valence-corrected chi connectivity index (χ2v) is 3.25. The molecule has 0 aromatic carbocycles. The number of nitrogens with two attached hydrogens (primary N) is 1. The summed E-state index contributed by atoms with van der Waals surface area (Å²) in [7, 11) is 0. The monoisotopic (exact) mass is 229 g/mol. The van der Waals surface area contributed by atoms with Gasteiger partial charge >= 0.3 is 0 Å². The molecule has 84 valence electrons. The largest absolute Gasteiger partial charge is 0.378 e. The maximum atomic E-state index is 5.61. The van der Waals surface area contributed by atoms with Crippen LogP contribution < -0.4 is 5.73 Å². The third-order valence-electron chi connectivity index (χ3n) is 2.20. The quantitative estimate of drug-likeness (QED) is 0.672. The van der Waals surface area contributed by atoms with Gasteiger partial charge in [-0.2, -0.15) is 4.68 Å². The number of hydrogen-bond donors (Lipinski definition) is 1. The topological polar surface area (TPSA) is 109 Å². The molecule has 0 radical (unpaired) electrons. The van der Waals surface area contributed by atoms with E-state index in [1.54, 1.807) is 18.6 Å². The molecule has 17 heavy (non-hydrogen) atoms. The first-order chi connectivity index (χ1) is 8.36. The van der Waals surface area contributed by atoms with Crippen molar-refractivity contribution in [1.82, 2.24) is 30.3 Å². The average Bonchev–Trinajstić information content (AvgIpc) is 2.98. The van der Waals surface area contributed by atoms with E-state index in [2.05, 4.69) is 30.2 Å². The zero-order valence-corrected chi connectivity index (χ0v) is 8.56. The molecule has 2 N–H and O–H groups in total. The molecule has 0 unspecified atom stereocenters. The van der Waals surface area contributed by atoms with E-state index < -0.39 is 0 Å². The van der Waals surface area contributed by atoms with E-state index >= 15 is 0 Å². The number of rotatable bonds is 2. The van der Waals surface area contributed by atoms with Crippen molar-refractivity contribution < 1.29 is 4.63 Å². The van der Waals surface area contributed by atoms with Crippen LogP contribution in [0.4, 0.5) is 5.82 Å². The summed E-state index contributed by atoms with van der Waals surface area (Å²) in [4.78, 5) is 4.03. The zero-order valence-electron chi connectivity index (χ0n) is 8.56. The number of nitrogens with zero attached hydrogens (tertiary/aromatic N) is 6. The molecule has 0 bridgehead atoms. The molecule has 0 aliphatic heterocycles. The van der Waals surface area contributed by atoms with Crippen molar-refractivity contribution >= 4 is 5.82 Å². The Labute approximate surface area is 95.0 Å². The van der Waals surface area contributed by atoms with E-state index in [1.165, 1.54) is 4.68 Å². The van der Waals surface area contributed by atoms with Gasteiger partial charge in [-0.1, -0.05) is 5.21 Å². The highest BCUT2D eigenvalue weighted by molar-refractivity contribution is 5.60. The summed E-state index contributed by atoms with van der Waals surface area (Å²) in [5.74, 6) is 0.460. The minimum absolute atomic E-state index is 0.153. The summed E-state index contributed by atoms with van der Waals surface area (Å²) in [6.45, 7) is 0. The van der Waals surface area contributed by atoms with Gasteiger partial charge < -0.3 is 5.73 Å².